The molecule has 0 radical (unpaired) electrons. The topological polar surface area (TPSA) is 26.3 Å². The van der Waals surface area contributed by atoms with Gasteiger partial charge < -0.3 is 4.74 Å². The van der Waals surface area contributed by atoms with Gasteiger partial charge in [0.25, 0.3) is 0 Å². The van der Waals surface area contributed by atoms with Crippen molar-refractivity contribution in [2.75, 3.05) is 6.61 Å². The largest absolute Gasteiger partial charge is 0.366 e. The van der Waals surface area contributed by atoms with E-state index in [1.54, 1.807) is 12.2 Å². The molecule has 0 unspecified atom stereocenters. The molecule has 0 spiro atoms. The molecule has 2 rings (SSSR count). The zero-order chi connectivity index (χ0) is 9.80. The van der Waals surface area contributed by atoms with Crippen molar-refractivity contribution in [2.45, 2.75) is 12.5 Å². The Bertz CT molecular complexity index is 341. The molecule has 0 saturated carbocycles. The zero-order valence-electron chi connectivity index (χ0n) is 7.85. The molecule has 1 aliphatic heterocycles. The van der Waals surface area contributed by atoms with Crippen molar-refractivity contribution in [3.8, 4) is 0 Å². The molecule has 1 heterocycles. The summed E-state index contributed by atoms with van der Waals surface area (Å²) in [7, 11) is 0. The number of benzene rings is 1. The van der Waals surface area contributed by atoms with Crippen LogP contribution in [0.3, 0.4) is 0 Å². The van der Waals surface area contributed by atoms with E-state index in [1.165, 1.54) is 0 Å². The van der Waals surface area contributed by atoms with Gasteiger partial charge in [-0.25, -0.2) is 0 Å². The van der Waals surface area contributed by atoms with Crippen molar-refractivity contribution in [2.24, 2.45) is 0 Å². The molecule has 2 nitrogen and oxygen atoms in total. The molecule has 1 aromatic carbocycles. The van der Waals surface area contributed by atoms with E-state index in [2.05, 4.69) is 0 Å². The Labute approximate surface area is 83.2 Å². The van der Waals surface area contributed by atoms with Gasteiger partial charge in [-0.3, -0.25) is 4.79 Å². The van der Waals surface area contributed by atoms with E-state index < -0.39 is 0 Å². The fourth-order valence-corrected chi connectivity index (χ4v) is 1.51. The average molecular weight is 188 g/mol. The van der Waals surface area contributed by atoms with Gasteiger partial charge in [0.15, 0.2) is 5.78 Å². The Balaban J connectivity index is 2.04. The van der Waals surface area contributed by atoms with E-state index >= 15 is 0 Å². The maximum atomic E-state index is 11.4. The SMILES string of the molecule is O=C1C=CCO[C@H]1Cc1ccccc1. The second-order valence-electron chi connectivity index (χ2n) is 3.32. The van der Waals surface area contributed by atoms with Gasteiger partial charge >= 0.3 is 0 Å². The molecule has 1 atom stereocenters. The standard InChI is InChI=1S/C12H12O2/c13-11-7-4-8-14-12(11)9-10-5-2-1-3-6-10/h1-7,12H,8-9H2/t12-/m0/s1. The lowest BCUT2D eigenvalue weighted by molar-refractivity contribution is -0.126. The molecule has 0 aliphatic carbocycles. The smallest absolute Gasteiger partial charge is 0.184 e. The van der Waals surface area contributed by atoms with E-state index in [-0.39, 0.29) is 11.9 Å². The Morgan fingerprint density at radius 2 is 2.07 bits per heavy atom. The fraction of sp³-hybridized carbons (Fsp3) is 0.250. The molecule has 72 valence electrons. The first-order chi connectivity index (χ1) is 6.86. The molecule has 0 bridgehead atoms. The zero-order valence-corrected chi connectivity index (χ0v) is 7.85. The van der Waals surface area contributed by atoms with Crippen molar-refractivity contribution >= 4 is 5.78 Å². The summed E-state index contributed by atoms with van der Waals surface area (Å²) in [5, 5.41) is 0. The minimum absolute atomic E-state index is 0.0695. The minimum Gasteiger partial charge on any atom is -0.366 e. The number of ketones is 1. The third kappa shape index (κ3) is 2.09. The Morgan fingerprint density at radius 3 is 2.79 bits per heavy atom. The fourth-order valence-electron chi connectivity index (χ4n) is 1.51. The number of ether oxygens (including phenoxy) is 1. The lowest BCUT2D eigenvalue weighted by Gasteiger charge is -2.17. The van der Waals surface area contributed by atoms with Crippen LogP contribution in [0.1, 0.15) is 5.56 Å². The van der Waals surface area contributed by atoms with Crippen molar-refractivity contribution in [1.29, 1.82) is 0 Å². The van der Waals surface area contributed by atoms with Crippen LogP contribution >= 0.6 is 0 Å². The first kappa shape index (κ1) is 9.16. The molecule has 2 heteroatoms. The van der Waals surface area contributed by atoms with Crippen LogP contribution in [-0.2, 0) is 16.0 Å². The number of hydrogen-bond acceptors (Lipinski definition) is 2. The van der Waals surface area contributed by atoms with Crippen LogP contribution in [-0.4, -0.2) is 18.5 Å². The van der Waals surface area contributed by atoms with Gasteiger partial charge in [-0.15, -0.1) is 0 Å². The van der Waals surface area contributed by atoms with E-state index in [0.29, 0.717) is 13.0 Å². The van der Waals surface area contributed by atoms with Gasteiger partial charge in [0.05, 0.1) is 6.61 Å². The Kier molecular flexibility index (Phi) is 2.75. The minimum atomic E-state index is -0.289. The number of carbonyl (C=O) groups is 1. The van der Waals surface area contributed by atoms with Crippen LogP contribution in [0.25, 0.3) is 0 Å². The van der Waals surface area contributed by atoms with Gasteiger partial charge in [-0.2, -0.15) is 0 Å². The van der Waals surface area contributed by atoms with E-state index in [4.69, 9.17) is 4.74 Å². The van der Waals surface area contributed by atoms with Crippen LogP contribution < -0.4 is 0 Å². The maximum absolute atomic E-state index is 11.4. The molecule has 1 aliphatic rings. The molecule has 1 aromatic rings. The van der Waals surface area contributed by atoms with E-state index in [9.17, 15) is 4.79 Å². The summed E-state index contributed by atoms with van der Waals surface area (Å²) in [4.78, 5) is 11.4. The third-order valence-electron chi connectivity index (χ3n) is 2.26. The Hall–Kier alpha value is -1.41. The third-order valence-corrected chi connectivity index (χ3v) is 2.26. The summed E-state index contributed by atoms with van der Waals surface area (Å²) in [6, 6.07) is 9.92. The van der Waals surface area contributed by atoms with Gasteiger partial charge in [0.2, 0.25) is 0 Å². The predicted octanol–water partition coefficient (Wildman–Crippen LogP) is 1.75. The number of rotatable bonds is 2. The molecular weight excluding hydrogens is 176 g/mol. The summed E-state index contributed by atoms with van der Waals surface area (Å²) in [6.07, 6.45) is 3.74. The summed E-state index contributed by atoms with van der Waals surface area (Å²) in [5.74, 6) is 0.0695. The van der Waals surface area contributed by atoms with Crippen molar-refractivity contribution in [1.82, 2.24) is 0 Å². The average Bonchev–Trinajstić information content (AvgIpc) is 2.23. The summed E-state index contributed by atoms with van der Waals surface area (Å²) < 4.78 is 5.36. The highest BCUT2D eigenvalue weighted by molar-refractivity contribution is 5.94. The lowest BCUT2D eigenvalue weighted by Crippen LogP contribution is -2.28. The molecular formula is C12H12O2. The predicted molar refractivity (Wildman–Crippen MR) is 54.0 cm³/mol. The quantitative estimate of drug-likeness (QED) is 0.706. The first-order valence-corrected chi connectivity index (χ1v) is 4.72. The monoisotopic (exact) mass is 188 g/mol. The summed E-state index contributed by atoms with van der Waals surface area (Å²) in [5.41, 5.74) is 1.14. The second-order valence-corrected chi connectivity index (χ2v) is 3.32. The first-order valence-electron chi connectivity index (χ1n) is 4.72. The van der Waals surface area contributed by atoms with Crippen molar-refractivity contribution in [3.63, 3.8) is 0 Å². The van der Waals surface area contributed by atoms with Gasteiger partial charge in [0, 0.05) is 6.42 Å². The van der Waals surface area contributed by atoms with Crippen LogP contribution in [0.2, 0.25) is 0 Å². The molecule has 14 heavy (non-hydrogen) atoms. The number of hydrogen-bond donors (Lipinski definition) is 0. The van der Waals surface area contributed by atoms with Crippen molar-refractivity contribution in [3.05, 3.63) is 48.0 Å². The Morgan fingerprint density at radius 1 is 1.29 bits per heavy atom. The summed E-state index contributed by atoms with van der Waals surface area (Å²) >= 11 is 0. The molecule has 0 aromatic heterocycles. The normalized spacial score (nSPS) is 21.1. The van der Waals surface area contributed by atoms with Crippen LogP contribution in [0, 0.1) is 0 Å². The van der Waals surface area contributed by atoms with Crippen molar-refractivity contribution < 1.29 is 9.53 Å². The molecule has 0 saturated heterocycles. The van der Waals surface area contributed by atoms with E-state index in [1.807, 2.05) is 30.3 Å². The molecule has 0 amide bonds. The lowest BCUT2D eigenvalue weighted by atomic mass is 10.0. The maximum Gasteiger partial charge on any atom is 0.184 e. The van der Waals surface area contributed by atoms with Crippen LogP contribution in [0.4, 0.5) is 0 Å². The summed E-state index contributed by atoms with van der Waals surface area (Å²) in [6.45, 7) is 0.545. The van der Waals surface area contributed by atoms with Gasteiger partial charge in [-0.05, 0) is 11.6 Å². The molecule has 0 N–H and O–H groups in total. The van der Waals surface area contributed by atoms with Gasteiger partial charge in [-0.1, -0.05) is 36.4 Å². The number of carbonyl (C=O) groups excluding carboxylic acids is 1. The highest BCUT2D eigenvalue weighted by Crippen LogP contribution is 2.10. The van der Waals surface area contributed by atoms with Gasteiger partial charge in [0.1, 0.15) is 6.10 Å². The second kappa shape index (κ2) is 4.20. The highest BCUT2D eigenvalue weighted by Gasteiger charge is 2.19. The molecule has 0 fully saturated rings. The van der Waals surface area contributed by atoms with Crippen LogP contribution in [0.5, 0.6) is 0 Å². The highest BCUT2D eigenvalue weighted by atomic mass is 16.5. The van der Waals surface area contributed by atoms with Crippen LogP contribution in [0.15, 0.2) is 42.5 Å². The van der Waals surface area contributed by atoms with E-state index in [0.717, 1.165) is 5.56 Å².